The van der Waals surface area contributed by atoms with Crippen molar-refractivity contribution in [3.63, 3.8) is 0 Å². The average molecular weight is 185 g/mol. The Morgan fingerprint density at radius 1 is 1.23 bits per heavy atom. The van der Waals surface area contributed by atoms with Crippen LogP contribution in [-0.4, -0.2) is 18.3 Å². The second-order valence-electron chi connectivity index (χ2n) is 4.93. The highest BCUT2D eigenvalue weighted by molar-refractivity contribution is 4.98. The summed E-state index contributed by atoms with van der Waals surface area (Å²) in [4.78, 5) is 0. The molecule has 0 bridgehead atoms. The molecule has 0 spiro atoms. The molecule has 1 aliphatic heterocycles. The van der Waals surface area contributed by atoms with Crippen LogP contribution in [0.15, 0.2) is 0 Å². The molecule has 1 saturated heterocycles. The van der Waals surface area contributed by atoms with Crippen LogP contribution in [-0.2, 0) is 0 Å². The zero-order valence-electron chi connectivity index (χ0n) is 8.48. The van der Waals surface area contributed by atoms with Crippen LogP contribution in [0.4, 0.5) is 4.39 Å². The maximum absolute atomic E-state index is 13.1. The first-order valence-electron chi connectivity index (χ1n) is 5.60. The molecule has 2 atom stereocenters. The largest absolute Gasteiger partial charge is 0.308 e. The van der Waals surface area contributed by atoms with Crippen LogP contribution in [0.3, 0.4) is 0 Å². The SMILES string of the molecule is CC1(C2CCCCC2)CC(F)CN1. The number of nitrogens with one attached hydrogen (secondary N) is 1. The fourth-order valence-corrected chi connectivity index (χ4v) is 3.00. The third kappa shape index (κ3) is 1.88. The molecule has 0 amide bonds. The highest BCUT2D eigenvalue weighted by Gasteiger charge is 2.41. The summed E-state index contributed by atoms with van der Waals surface area (Å²) in [6, 6.07) is 0. The summed E-state index contributed by atoms with van der Waals surface area (Å²) in [5, 5.41) is 3.38. The molecule has 0 aromatic heterocycles. The van der Waals surface area contributed by atoms with E-state index in [-0.39, 0.29) is 5.54 Å². The Labute approximate surface area is 80.1 Å². The molecule has 1 saturated carbocycles. The highest BCUT2D eigenvalue weighted by atomic mass is 19.1. The summed E-state index contributed by atoms with van der Waals surface area (Å²) in [5.74, 6) is 0.724. The third-order valence-electron chi connectivity index (χ3n) is 3.88. The van der Waals surface area contributed by atoms with Crippen molar-refractivity contribution in [1.82, 2.24) is 5.32 Å². The quantitative estimate of drug-likeness (QED) is 0.662. The molecule has 2 aliphatic rings. The normalized spacial score (nSPS) is 42.5. The predicted molar refractivity (Wildman–Crippen MR) is 52.5 cm³/mol. The van der Waals surface area contributed by atoms with Gasteiger partial charge >= 0.3 is 0 Å². The van der Waals surface area contributed by atoms with E-state index in [0.29, 0.717) is 6.54 Å². The predicted octanol–water partition coefficient (Wildman–Crippen LogP) is 2.66. The van der Waals surface area contributed by atoms with E-state index in [2.05, 4.69) is 12.2 Å². The van der Waals surface area contributed by atoms with Gasteiger partial charge in [-0.05, 0) is 32.1 Å². The maximum atomic E-state index is 13.1. The van der Waals surface area contributed by atoms with Crippen molar-refractivity contribution in [2.45, 2.75) is 57.2 Å². The minimum absolute atomic E-state index is 0.111. The molecule has 2 fully saturated rings. The van der Waals surface area contributed by atoms with Crippen molar-refractivity contribution in [2.24, 2.45) is 5.92 Å². The van der Waals surface area contributed by atoms with Crippen LogP contribution < -0.4 is 5.32 Å². The van der Waals surface area contributed by atoms with Gasteiger partial charge in [0.25, 0.3) is 0 Å². The van der Waals surface area contributed by atoms with E-state index in [1.165, 1.54) is 32.1 Å². The van der Waals surface area contributed by atoms with Gasteiger partial charge in [0.15, 0.2) is 0 Å². The van der Waals surface area contributed by atoms with Crippen molar-refractivity contribution < 1.29 is 4.39 Å². The minimum Gasteiger partial charge on any atom is -0.308 e. The lowest BCUT2D eigenvalue weighted by Gasteiger charge is -2.37. The van der Waals surface area contributed by atoms with Gasteiger partial charge < -0.3 is 5.32 Å². The Bertz CT molecular complexity index is 177. The van der Waals surface area contributed by atoms with E-state index in [4.69, 9.17) is 0 Å². The van der Waals surface area contributed by atoms with Gasteiger partial charge in [-0.3, -0.25) is 0 Å². The lowest BCUT2D eigenvalue weighted by molar-refractivity contribution is 0.190. The van der Waals surface area contributed by atoms with Crippen LogP contribution in [0.25, 0.3) is 0 Å². The molecule has 2 rings (SSSR count). The molecule has 1 aliphatic carbocycles. The molecule has 1 N–H and O–H groups in total. The monoisotopic (exact) mass is 185 g/mol. The molecule has 1 heterocycles. The van der Waals surface area contributed by atoms with E-state index >= 15 is 0 Å². The second kappa shape index (κ2) is 3.56. The fourth-order valence-electron chi connectivity index (χ4n) is 3.00. The van der Waals surface area contributed by atoms with Crippen LogP contribution >= 0.6 is 0 Å². The number of rotatable bonds is 1. The van der Waals surface area contributed by atoms with Crippen LogP contribution in [0.2, 0.25) is 0 Å². The lowest BCUT2D eigenvalue weighted by atomic mass is 9.75. The summed E-state index contributed by atoms with van der Waals surface area (Å²) in [5.41, 5.74) is 0.111. The molecular weight excluding hydrogens is 165 g/mol. The van der Waals surface area contributed by atoms with Gasteiger partial charge in [0, 0.05) is 12.1 Å². The molecule has 2 unspecified atom stereocenters. The maximum Gasteiger partial charge on any atom is 0.114 e. The Hall–Kier alpha value is -0.110. The van der Waals surface area contributed by atoms with E-state index in [9.17, 15) is 4.39 Å². The molecule has 1 nitrogen and oxygen atoms in total. The van der Waals surface area contributed by atoms with E-state index < -0.39 is 6.17 Å². The summed E-state index contributed by atoms with van der Waals surface area (Å²) in [6.07, 6.45) is 6.81. The summed E-state index contributed by atoms with van der Waals surface area (Å²) in [7, 11) is 0. The number of alkyl halides is 1. The number of hydrogen-bond donors (Lipinski definition) is 1. The Morgan fingerprint density at radius 3 is 2.46 bits per heavy atom. The number of halogens is 1. The fraction of sp³-hybridized carbons (Fsp3) is 1.00. The molecule has 13 heavy (non-hydrogen) atoms. The van der Waals surface area contributed by atoms with Gasteiger partial charge in [0.05, 0.1) is 0 Å². The Kier molecular flexibility index (Phi) is 2.59. The van der Waals surface area contributed by atoms with Crippen LogP contribution in [0.5, 0.6) is 0 Å². The van der Waals surface area contributed by atoms with Crippen molar-refractivity contribution in [2.75, 3.05) is 6.54 Å². The van der Waals surface area contributed by atoms with Gasteiger partial charge in [0.2, 0.25) is 0 Å². The van der Waals surface area contributed by atoms with Gasteiger partial charge in [-0.25, -0.2) is 4.39 Å². The molecule has 0 aromatic carbocycles. The van der Waals surface area contributed by atoms with Crippen molar-refractivity contribution >= 4 is 0 Å². The molecular formula is C11H20FN. The summed E-state index contributed by atoms with van der Waals surface area (Å²) < 4.78 is 13.1. The molecule has 2 heteroatoms. The first-order valence-corrected chi connectivity index (χ1v) is 5.60. The molecule has 0 radical (unpaired) electrons. The van der Waals surface area contributed by atoms with Gasteiger partial charge in [-0.2, -0.15) is 0 Å². The molecule has 0 aromatic rings. The van der Waals surface area contributed by atoms with Gasteiger partial charge in [-0.1, -0.05) is 19.3 Å². The summed E-state index contributed by atoms with van der Waals surface area (Å²) >= 11 is 0. The number of hydrogen-bond acceptors (Lipinski definition) is 1. The lowest BCUT2D eigenvalue weighted by Crippen LogP contribution is -2.44. The Balaban J connectivity index is 1.97. The van der Waals surface area contributed by atoms with E-state index in [0.717, 1.165) is 12.3 Å². The van der Waals surface area contributed by atoms with E-state index in [1.807, 2.05) is 0 Å². The first-order chi connectivity index (χ1) is 6.21. The first kappa shape index (κ1) is 9.45. The summed E-state index contributed by atoms with van der Waals surface area (Å²) in [6.45, 7) is 2.79. The second-order valence-corrected chi connectivity index (χ2v) is 4.93. The van der Waals surface area contributed by atoms with Crippen molar-refractivity contribution in [3.05, 3.63) is 0 Å². The zero-order chi connectivity index (χ0) is 9.31. The highest BCUT2D eigenvalue weighted by Crippen LogP contribution is 2.38. The minimum atomic E-state index is -0.605. The van der Waals surface area contributed by atoms with Crippen LogP contribution in [0, 0.1) is 5.92 Å². The van der Waals surface area contributed by atoms with Crippen molar-refractivity contribution in [3.8, 4) is 0 Å². The van der Waals surface area contributed by atoms with Crippen LogP contribution in [0.1, 0.15) is 45.4 Å². The third-order valence-corrected chi connectivity index (χ3v) is 3.88. The van der Waals surface area contributed by atoms with Gasteiger partial charge in [0.1, 0.15) is 6.17 Å². The molecule has 76 valence electrons. The topological polar surface area (TPSA) is 12.0 Å². The van der Waals surface area contributed by atoms with Gasteiger partial charge in [-0.15, -0.1) is 0 Å². The zero-order valence-corrected chi connectivity index (χ0v) is 8.48. The Morgan fingerprint density at radius 2 is 1.92 bits per heavy atom. The standard InChI is InChI=1S/C11H20FN/c1-11(7-10(12)8-13-11)9-5-3-2-4-6-9/h9-10,13H,2-8H2,1H3. The van der Waals surface area contributed by atoms with Crippen molar-refractivity contribution in [1.29, 1.82) is 0 Å². The smallest absolute Gasteiger partial charge is 0.114 e. The van der Waals surface area contributed by atoms with E-state index in [1.54, 1.807) is 0 Å². The average Bonchev–Trinajstić information content (AvgIpc) is 2.49.